The molecule has 0 saturated heterocycles. The average molecular weight is 893 g/mol. The summed E-state index contributed by atoms with van der Waals surface area (Å²) in [7, 11) is 0. The minimum atomic E-state index is 0.891. The molecule has 0 radical (unpaired) electrons. The first kappa shape index (κ1) is 38.7. The molecule has 4 nitrogen and oxygen atoms in total. The zero-order valence-electron chi connectivity index (χ0n) is 37.8. The molecule has 0 amide bonds. The standard InChI is InChI=1S/C38H23NO.C28H17NO/c1-2-8-28-23-29(20-17-24(28)7-1)39(34-13-6-12-31-30-11-3-4-14-35(30)40-38(31)34)33-22-19-27-16-15-25-9-5-10-26-18-21-32(33)37(27)36(25)26;1-2-10-25-20(7-1)21-8-4-9-24(28(21)30-25)29-23-16-14-19-12-11-17-5-3-6-18-13-15-22(23)27(19)26(17)18/h1-23H;1-16,29H. The summed E-state index contributed by atoms with van der Waals surface area (Å²) in [5, 5.41) is 26.0. The van der Waals surface area contributed by atoms with E-state index < -0.39 is 0 Å². The monoisotopic (exact) mass is 892 g/mol. The molecule has 16 aromatic rings. The lowest BCUT2D eigenvalue weighted by Gasteiger charge is -2.28. The molecule has 0 fully saturated rings. The minimum Gasteiger partial charge on any atom is -0.454 e. The van der Waals surface area contributed by atoms with Crippen LogP contribution in [0.25, 0.3) is 119 Å². The van der Waals surface area contributed by atoms with Gasteiger partial charge in [0.2, 0.25) is 0 Å². The third-order valence-corrected chi connectivity index (χ3v) is 14.6. The zero-order chi connectivity index (χ0) is 45.9. The molecule has 70 heavy (non-hydrogen) atoms. The Bertz CT molecular complexity index is 4680. The number of hydrogen-bond acceptors (Lipinski definition) is 4. The molecule has 4 heteroatoms. The van der Waals surface area contributed by atoms with Crippen LogP contribution in [0.5, 0.6) is 0 Å². The molecule has 1 N–H and O–H groups in total. The van der Waals surface area contributed by atoms with E-state index in [1.807, 2.05) is 18.2 Å². The van der Waals surface area contributed by atoms with Crippen molar-refractivity contribution < 1.29 is 8.83 Å². The SMILES string of the molecule is c1cc2ccc3ccc(Nc4cccc5c4oc4ccccc45)c4ccc(c1)c2c34.c1ccc2cc(N(c3ccc4ccc5cccc6ccc3c4c56)c3cccc4c3oc3ccccc34)ccc2c1. The van der Waals surface area contributed by atoms with Crippen LogP contribution in [0.15, 0.2) is 245 Å². The zero-order valence-corrected chi connectivity index (χ0v) is 37.8. The van der Waals surface area contributed by atoms with Crippen molar-refractivity contribution in [1.82, 2.24) is 0 Å². The topological polar surface area (TPSA) is 41.6 Å². The van der Waals surface area contributed by atoms with E-state index in [0.29, 0.717) is 0 Å². The molecule has 0 spiro atoms. The van der Waals surface area contributed by atoms with Crippen LogP contribution >= 0.6 is 0 Å². The lowest BCUT2D eigenvalue weighted by Crippen LogP contribution is -2.11. The second kappa shape index (κ2) is 15.1. The molecule has 0 unspecified atom stereocenters. The van der Waals surface area contributed by atoms with E-state index in [4.69, 9.17) is 8.83 Å². The molecule has 0 bridgehead atoms. The summed E-state index contributed by atoms with van der Waals surface area (Å²) in [6.45, 7) is 0. The van der Waals surface area contributed by atoms with Crippen LogP contribution in [0.1, 0.15) is 0 Å². The number of nitrogens with one attached hydrogen (secondary N) is 1. The maximum atomic E-state index is 6.58. The van der Waals surface area contributed by atoms with Gasteiger partial charge in [0, 0.05) is 43.7 Å². The van der Waals surface area contributed by atoms with Crippen LogP contribution in [0.4, 0.5) is 28.4 Å². The van der Waals surface area contributed by atoms with Gasteiger partial charge in [-0.3, -0.25) is 0 Å². The van der Waals surface area contributed by atoms with Crippen molar-refractivity contribution in [3.63, 3.8) is 0 Å². The second-order valence-corrected chi connectivity index (χ2v) is 18.4. The van der Waals surface area contributed by atoms with Gasteiger partial charge in [0.1, 0.15) is 11.2 Å². The van der Waals surface area contributed by atoms with Crippen LogP contribution in [0, 0.1) is 0 Å². The average Bonchev–Trinajstić information content (AvgIpc) is 4.00. The van der Waals surface area contributed by atoms with Crippen LogP contribution < -0.4 is 10.2 Å². The number of fused-ring (bicyclic) bond motifs is 7. The van der Waals surface area contributed by atoms with Crippen LogP contribution in [0.2, 0.25) is 0 Å². The van der Waals surface area contributed by atoms with Gasteiger partial charge in [-0.2, -0.15) is 0 Å². The van der Waals surface area contributed by atoms with Crippen molar-refractivity contribution in [1.29, 1.82) is 0 Å². The first-order chi connectivity index (χ1) is 34.7. The molecule has 0 aliphatic heterocycles. The van der Waals surface area contributed by atoms with Crippen LogP contribution in [-0.2, 0) is 0 Å². The van der Waals surface area contributed by atoms with Crippen molar-refractivity contribution in [2.24, 2.45) is 0 Å². The Labute approximate surface area is 401 Å². The summed E-state index contributed by atoms with van der Waals surface area (Å²) in [6.07, 6.45) is 0. The number of furan rings is 2. The Morgan fingerprint density at radius 3 is 1.44 bits per heavy atom. The molecule has 326 valence electrons. The molecule has 0 saturated carbocycles. The quantitative estimate of drug-likeness (QED) is 0.175. The van der Waals surface area contributed by atoms with E-state index in [-0.39, 0.29) is 0 Å². The molecule has 14 aromatic carbocycles. The van der Waals surface area contributed by atoms with E-state index in [1.54, 1.807) is 0 Å². The summed E-state index contributed by atoms with van der Waals surface area (Å²) >= 11 is 0. The number of benzene rings is 14. The molecule has 0 aliphatic rings. The predicted octanol–water partition coefficient (Wildman–Crippen LogP) is 19.3. The maximum absolute atomic E-state index is 6.58. The van der Waals surface area contributed by atoms with Crippen molar-refractivity contribution >= 4 is 148 Å². The molecule has 2 aromatic heterocycles. The third kappa shape index (κ3) is 5.84. The number of anilines is 5. The fraction of sp³-hybridized carbons (Fsp3) is 0. The van der Waals surface area contributed by atoms with Gasteiger partial charge in [0.25, 0.3) is 0 Å². The highest BCUT2D eigenvalue weighted by Crippen LogP contribution is 2.48. The van der Waals surface area contributed by atoms with Gasteiger partial charge in [-0.15, -0.1) is 0 Å². The van der Waals surface area contributed by atoms with Gasteiger partial charge >= 0.3 is 0 Å². The van der Waals surface area contributed by atoms with E-state index in [9.17, 15) is 0 Å². The van der Waals surface area contributed by atoms with E-state index in [1.165, 1.54) is 75.4 Å². The van der Waals surface area contributed by atoms with Gasteiger partial charge in [-0.25, -0.2) is 0 Å². The highest BCUT2D eigenvalue weighted by Gasteiger charge is 2.23. The van der Waals surface area contributed by atoms with Crippen molar-refractivity contribution in [2.45, 2.75) is 0 Å². The van der Waals surface area contributed by atoms with Gasteiger partial charge in [0.05, 0.1) is 17.1 Å². The lowest BCUT2D eigenvalue weighted by atomic mass is 9.93. The first-order valence-electron chi connectivity index (χ1n) is 23.9. The van der Waals surface area contributed by atoms with E-state index in [2.05, 4.69) is 229 Å². The Morgan fingerprint density at radius 2 is 0.743 bits per heavy atom. The summed E-state index contributed by atoms with van der Waals surface area (Å²) in [6, 6.07) is 84.4. The molecule has 16 rings (SSSR count). The number of hydrogen-bond donors (Lipinski definition) is 1. The number of rotatable bonds is 5. The Hall–Kier alpha value is -9.38. The fourth-order valence-electron chi connectivity index (χ4n) is 11.4. The summed E-state index contributed by atoms with van der Waals surface area (Å²) in [5.41, 5.74) is 8.94. The summed E-state index contributed by atoms with van der Waals surface area (Å²) in [5.74, 6) is 0. The molecular weight excluding hydrogens is 853 g/mol. The Morgan fingerprint density at radius 1 is 0.271 bits per heavy atom. The van der Waals surface area contributed by atoms with E-state index in [0.717, 1.165) is 72.3 Å². The first-order valence-corrected chi connectivity index (χ1v) is 23.9. The molecule has 0 atom stereocenters. The van der Waals surface area contributed by atoms with Gasteiger partial charge in [0.15, 0.2) is 11.2 Å². The second-order valence-electron chi connectivity index (χ2n) is 18.4. The largest absolute Gasteiger partial charge is 0.454 e. The number of para-hydroxylation sites is 4. The Balaban J connectivity index is 0.000000131. The number of nitrogens with zero attached hydrogens (tertiary/aromatic N) is 1. The van der Waals surface area contributed by atoms with Crippen molar-refractivity contribution in [2.75, 3.05) is 10.2 Å². The highest BCUT2D eigenvalue weighted by atomic mass is 16.3. The Kier molecular flexibility index (Phi) is 8.33. The van der Waals surface area contributed by atoms with E-state index >= 15 is 0 Å². The van der Waals surface area contributed by atoms with Gasteiger partial charge in [-0.05, 0) is 113 Å². The van der Waals surface area contributed by atoms with Gasteiger partial charge < -0.3 is 19.1 Å². The van der Waals surface area contributed by atoms with Crippen molar-refractivity contribution in [3.8, 4) is 0 Å². The van der Waals surface area contributed by atoms with Gasteiger partial charge in [-0.1, -0.05) is 188 Å². The smallest absolute Gasteiger partial charge is 0.159 e. The molecule has 0 aliphatic carbocycles. The van der Waals surface area contributed by atoms with Crippen molar-refractivity contribution in [3.05, 3.63) is 237 Å². The summed E-state index contributed by atoms with van der Waals surface area (Å²) < 4.78 is 12.8. The third-order valence-electron chi connectivity index (χ3n) is 14.6. The van der Waals surface area contributed by atoms with Crippen LogP contribution in [0.3, 0.4) is 0 Å². The molecular formula is C66H40N2O2. The predicted molar refractivity (Wildman–Crippen MR) is 297 cm³/mol. The highest BCUT2D eigenvalue weighted by molar-refractivity contribution is 6.27. The maximum Gasteiger partial charge on any atom is 0.159 e. The van der Waals surface area contributed by atoms with Crippen LogP contribution in [-0.4, -0.2) is 0 Å². The lowest BCUT2D eigenvalue weighted by molar-refractivity contribution is 0.669. The molecule has 2 heterocycles. The normalized spacial score (nSPS) is 12.0. The fourth-order valence-corrected chi connectivity index (χ4v) is 11.4. The summed E-state index contributed by atoms with van der Waals surface area (Å²) in [4.78, 5) is 2.38. The minimum absolute atomic E-state index is 0.891.